The van der Waals surface area contributed by atoms with Crippen LogP contribution in [0.15, 0.2) is 36.0 Å². The molecule has 0 saturated heterocycles. The lowest BCUT2D eigenvalue weighted by atomic mass is 10.2. The lowest BCUT2D eigenvalue weighted by molar-refractivity contribution is -0.127. The van der Waals surface area contributed by atoms with Crippen LogP contribution in [0.2, 0.25) is 0 Å². The van der Waals surface area contributed by atoms with Gasteiger partial charge in [0.2, 0.25) is 0 Å². The third-order valence-electron chi connectivity index (χ3n) is 3.54. The topological polar surface area (TPSA) is 115 Å². The predicted octanol–water partition coefficient (Wildman–Crippen LogP) is -0.363. The number of hydrogen-bond donors (Lipinski definition) is 3. The highest BCUT2D eigenvalue weighted by Gasteiger charge is 2.21. The third-order valence-corrected chi connectivity index (χ3v) is 3.54. The van der Waals surface area contributed by atoms with Crippen molar-refractivity contribution in [3.05, 3.63) is 36.0 Å². The summed E-state index contributed by atoms with van der Waals surface area (Å²) in [5.74, 6) is 0.785. The van der Waals surface area contributed by atoms with E-state index in [9.17, 15) is 4.79 Å². The summed E-state index contributed by atoms with van der Waals surface area (Å²) in [6, 6.07) is 9.16. The van der Waals surface area contributed by atoms with E-state index in [-0.39, 0.29) is 38.0 Å². The number of nitrogens with zero attached hydrogens (tertiary/aromatic N) is 2. The standard InChI is InChI=1S/C17H21N3O5/c18-9-13(17(23)20(5-7-21)6-8-22)10-19-11-14-12-24-15-3-1-2-4-16(15)25-14/h1-4,10,14,19,21-22H,5-8,11-12H2/b13-10-. The number of ether oxygens (including phenoxy) is 2. The second-order valence-corrected chi connectivity index (χ2v) is 5.32. The van der Waals surface area contributed by atoms with Gasteiger partial charge in [-0.15, -0.1) is 0 Å². The van der Waals surface area contributed by atoms with Crippen LogP contribution in [0.25, 0.3) is 0 Å². The molecule has 3 N–H and O–H groups in total. The van der Waals surface area contributed by atoms with Crippen molar-refractivity contribution in [2.75, 3.05) is 39.5 Å². The number of aliphatic hydroxyl groups excluding tert-OH is 2. The quantitative estimate of drug-likeness (QED) is 0.434. The number of nitriles is 1. The van der Waals surface area contributed by atoms with E-state index in [1.807, 2.05) is 30.3 Å². The average molecular weight is 347 g/mol. The van der Waals surface area contributed by atoms with E-state index in [0.717, 1.165) is 0 Å². The Balaban J connectivity index is 1.91. The minimum Gasteiger partial charge on any atom is -0.486 e. The Labute approximate surface area is 145 Å². The van der Waals surface area contributed by atoms with Crippen LogP contribution in [-0.2, 0) is 4.79 Å². The molecule has 1 amide bonds. The van der Waals surface area contributed by atoms with E-state index in [1.165, 1.54) is 11.1 Å². The van der Waals surface area contributed by atoms with Gasteiger partial charge in [-0.3, -0.25) is 4.79 Å². The number of benzene rings is 1. The Morgan fingerprint density at radius 3 is 2.64 bits per heavy atom. The summed E-state index contributed by atoms with van der Waals surface area (Å²) >= 11 is 0. The zero-order valence-corrected chi connectivity index (χ0v) is 13.7. The molecule has 0 fully saturated rings. The van der Waals surface area contributed by atoms with Gasteiger partial charge in [0, 0.05) is 19.3 Å². The van der Waals surface area contributed by atoms with Gasteiger partial charge in [-0.25, -0.2) is 0 Å². The summed E-state index contributed by atoms with van der Waals surface area (Å²) in [6.07, 6.45) is 1.06. The Kier molecular flexibility index (Phi) is 7.07. The van der Waals surface area contributed by atoms with E-state index in [2.05, 4.69) is 5.32 Å². The van der Waals surface area contributed by atoms with E-state index >= 15 is 0 Å². The fourth-order valence-electron chi connectivity index (χ4n) is 2.32. The molecule has 0 spiro atoms. The molecular weight excluding hydrogens is 326 g/mol. The molecule has 1 aliphatic rings. The maximum atomic E-state index is 12.2. The molecular formula is C17H21N3O5. The molecule has 0 aliphatic carbocycles. The van der Waals surface area contributed by atoms with Crippen molar-refractivity contribution in [1.29, 1.82) is 5.26 Å². The first kappa shape index (κ1) is 18.6. The summed E-state index contributed by atoms with van der Waals surface area (Å²) in [5.41, 5.74) is -0.112. The number of carbonyl (C=O) groups excluding carboxylic acids is 1. The molecule has 1 aromatic rings. The summed E-state index contributed by atoms with van der Waals surface area (Å²) in [5, 5.41) is 30.0. The number of amides is 1. The molecule has 0 aromatic heterocycles. The summed E-state index contributed by atoms with van der Waals surface area (Å²) < 4.78 is 11.4. The second kappa shape index (κ2) is 9.52. The molecule has 2 rings (SSSR count). The van der Waals surface area contributed by atoms with Crippen molar-refractivity contribution >= 4 is 5.91 Å². The van der Waals surface area contributed by atoms with Crippen molar-refractivity contribution in [3.8, 4) is 17.6 Å². The highest BCUT2D eigenvalue weighted by atomic mass is 16.6. The fourth-order valence-corrected chi connectivity index (χ4v) is 2.32. The molecule has 8 nitrogen and oxygen atoms in total. The summed E-state index contributed by atoms with van der Waals surface area (Å²) in [6.45, 7) is 0.320. The Bertz CT molecular complexity index is 650. The average Bonchev–Trinajstić information content (AvgIpc) is 2.64. The largest absolute Gasteiger partial charge is 0.486 e. The third kappa shape index (κ3) is 5.11. The number of para-hydroxylation sites is 2. The van der Waals surface area contributed by atoms with Gasteiger partial charge < -0.3 is 29.9 Å². The highest BCUT2D eigenvalue weighted by Crippen LogP contribution is 2.30. The van der Waals surface area contributed by atoms with Crippen LogP contribution in [0, 0.1) is 11.3 Å². The van der Waals surface area contributed by atoms with Crippen LogP contribution in [-0.4, -0.2) is 66.6 Å². The molecule has 1 atom stereocenters. The summed E-state index contributed by atoms with van der Waals surface area (Å²) in [7, 11) is 0. The fraction of sp³-hybridized carbons (Fsp3) is 0.412. The van der Waals surface area contributed by atoms with Gasteiger partial charge in [-0.1, -0.05) is 12.1 Å². The maximum absolute atomic E-state index is 12.2. The second-order valence-electron chi connectivity index (χ2n) is 5.32. The molecule has 1 unspecified atom stereocenters. The number of hydrogen-bond acceptors (Lipinski definition) is 7. The van der Waals surface area contributed by atoms with E-state index in [0.29, 0.717) is 24.7 Å². The maximum Gasteiger partial charge on any atom is 0.266 e. The Hall–Kier alpha value is -2.76. The number of aliphatic hydroxyl groups is 2. The molecule has 0 saturated carbocycles. The van der Waals surface area contributed by atoms with Crippen molar-refractivity contribution in [2.24, 2.45) is 0 Å². The summed E-state index contributed by atoms with van der Waals surface area (Å²) in [4.78, 5) is 13.4. The number of fused-ring (bicyclic) bond motifs is 1. The number of carbonyl (C=O) groups is 1. The molecule has 8 heteroatoms. The predicted molar refractivity (Wildman–Crippen MR) is 88.8 cm³/mol. The van der Waals surface area contributed by atoms with Gasteiger partial charge in [-0.2, -0.15) is 5.26 Å². The SMILES string of the molecule is N#C/C(=C/NCC1COc2ccccc2O1)C(=O)N(CCO)CCO. The molecule has 134 valence electrons. The van der Waals surface area contributed by atoms with Gasteiger partial charge in [-0.05, 0) is 12.1 Å². The van der Waals surface area contributed by atoms with Crippen molar-refractivity contribution < 1.29 is 24.5 Å². The molecule has 0 radical (unpaired) electrons. The Morgan fingerprint density at radius 1 is 1.32 bits per heavy atom. The monoisotopic (exact) mass is 347 g/mol. The van der Waals surface area contributed by atoms with Gasteiger partial charge in [0.1, 0.15) is 24.4 Å². The van der Waals surface area contributed by atoms with Crippen LogP contribution < -0.4 is 14.8 Å². The molecule has 25 heavy (non-hydrogen) atoms. The van der Waals surface area contributed by atoms with Gasteiger partial charge in [0.05, 0.1) is 19.8 Å². The van der Waals surface area contributed by atoms with Crippen molar-refractivity contribution in [3.63, 3.8) is 0 Å². The zero-order chi connectivity index (χ0) is 18.1. The van der Waals surface area contributed by atoms with Crippen molar-refractivity contribution in [1.82, 2.24) is 10.2 Å². The van der Waals surface area contributed by atoms with Crippen LogP contribution in [0.4, 0.5) is 0 Å². The first-order valence-electron chi connectivity index (χ1n) is 7.92. The van der Waals surface area contributed by atoms with Crippen LogP contribution in [0.1, 0.15) is 0 Å². The first-order chi connectivity index (χ1) is 12.2. The molecule has 1 aliphatic heterocycles. The normalized spacial score (nSPS) is 16.0. The lowest BCUT2D eigenvalue weighted by Crippen LogP contribution is -2.38. The van der Waals surface area contributed by atoms with Gasteiger partial charge in [0.25, 0.3) is 5.91 Å². The van der Waals surface area contributed by atoms with Crippen molar-refractivity contribution in [2.45, 2.75) is 6.10 Å². The minimum atomic E-state index is -0.552. The zero-order valence-electron chi connectivity index (χ0n) is 13.7. The molecule has 1 heterocycles. The molecule has 0 bridgehead atoms. The lowest BCUT2D eigenvalue weighted by Gasteiger charge is -2.26. The van der Waals surface area contributed by atoms with E-state index in [1.54, 1.807) is 0 Å². The van der Waals surface area contributed by atoms with Crippen LogP contribution >= 0.6 is 0 Å². The Morgan fingerprint density at radius 2 is 2.00 bits per heavy atom. The number of nitrogens with one attached hydrogen (secondary N) is 1. The molecule has 1 aromatic carbocycles. The minimum absolute atomic E-state index is 0.0504. The van der Waals surface area contributed by atoms with Crippen LogP contribution in [0.5, 0.6) is 11.5 Å². The van der Waals surface area contributed by atoms with E-state index < -0.39 is 5.91 Å². The van der Waals surface area contributed by atoms with Gasteiger partial charge >= 0.3 is 0 Å². The highest BCUT2D eigenvalue weighted by molar-refractivity contribution is 5.97. The number of rotatable bonds is 8. The first-order valence-corrected chi connectivity index (χ1v) is 7.92. The van der Waals surface area contributed by atoms with Crippen LogP contribution in [0.3, 0.4) is 0 Å². The van der Waals surface area contributed by atoms with E-state index in [4.69, 9.17) is 24.9 Å². The van der Waals surface area contributed by atoms with Gasteiger partial charge in [0.15, 0.2) is 11.5 Å². The smallest absolute Gasteiger partial charge is 0.266 e.